The average molecular weight is 377 g/mol. The van der Waals surface area contributed by atoms with Crippen LogP contribution < -0.4 is 15.8 Å². The van der Waals surface area contributed by atoms with Gasteiger partial charge >= 0.3 is 0 Å². The number of aryl methyl sites for hydroxylation is 1. The summed E-state index contributed by atoms with van der Waals surface area (Å²) in [7, 11) is 1.63. The van der Waals surface area contributed by atoms with E-state index < -0.39 is 3.79 Å². The number of hydrogen-bond donors (Lipinski definition) is 2. The number of aromatic nitrogens is 3. The van der Waals surface area contributed by atoms with Gasteiger partial charge in [0.15, 0.2) is 5.82 Å². The van der Waals surface area contributed by atoms with Crippen molar-refractivity contribution in [2.75, 3.05) is 18.2 Å². The molecule has 0 aliphatic heterocycles. The Hall–Kier alpha value is -1.50. The van der Waals surface area contributed by atoms with Crippen LogP contribution in [0.4, 0.5) is 11.9 Å². The van der Waals surface area contributed by atoms with Crippen LogP contribution in [0.1, 0.15) is 29.9 Å². The number of ether oxygens (including phenoxy) is 1. The first-order valence-corrected chi connectivity index (χ1v) is 7.84. The third-order valence-corrected chi connectivity index (χ3v) is 3.68. The number of methoxy groups -OCH3 is 1. The normalized spacial score (nSPS) is 12.8. The topological polar surface area (TPSA) is 86.0 Å². The minimum Gasteiger partial charge on any atom is -0.496 e. The van der Waals surface area contributed by atoms with E-state index >= 15 is 0 Å². The van der Waals surface area contributed by atoms with E-state index in [0.29, 0.717) is 0 Å². The Labute approximate surface area is 149 Å². The number of nitrogen functional groups attached to an aromatic ring is 1. The number of nitrogens with zero attached hydrogens (tertiary/aromatic N) is 3. The molecule has 6 nitrogen and oxygen atoms in total. The maximum absolute atomic E-state index is 5.79. The predicted octanol–water partition coefficient (Wildman–Crippen LogP) is 3.77. The van der Waals surface area contributed by atoms with Crippen LogP contribution >= 0.6 is 34.8 Å². The summed E-state index contributed by atoms with van der Waals surface area (Å²) in [5, 5.41) is 3.12. The average Bonchev–Trinajstić information content (AvgIpc) is 2.45. The van der Waals surface area contributed by atoms with E-state index in [2.05, 4.69) is 20.3 Å². The molecule has 124 valence electrons. The second kappa shape index (κ2) is 6.95. The summed E-state index contributed by atoms with van der Waals surface area (Å²) in [5.74, 6) is 1.00. The maximum atomic E-state index is 5.79. The number of nitrogens with two attached hydrogens (primary N) is 1. The van der Waals surface area contributed by atoms with Gasteiger partial charge in [-0.05, 0) is 31.0 Å². The fraction of sp³-hybridized carbons (Fsp3) is 0.357. The molecule has 2 aromatic rings. The summed E-state index contributed by atoms with van der Waals surface area (Å²) >= 11 is 17.4. The fourth-order valence-corrected chi connectivity index (χ4v) is 2.29. The van der Waals surface area contributed by atoms with Crippen molar-refractivity contribution in [2.45, 2.75) is 23.7 Å². The summed E-state index contributed by atoms with van der Waals surface area (Å²) < 4.78 is 3.48. The highest BCUT2D eigenvalue weighted by molar-refractivity contribution is 6.66. The lowest BCUT2D eigenvalue weighted by Gasteiger charge is -2.17. The van der Waals surface area contributed by atoms with Crippen molar-refractivity contribution in [2.24, 2.45) is 0 Å². The van der Waals surface area contributed by atoms with E-state index in [1.807, 2.05) is 32.0 Å². The van der Waals surface area contributed by atoms with Crippen LogP contribution in [-0.2, 0) is 3.79 Å². The zero-order chi connectivity index (χ0) is 17.2. The van der Waals surface area contributed by atoms with E-state index in [-0.39, 0.29) is 23.8 Å². The molecule has 1 unspecified atom stereocenters. The van der Waals surface area contributed by atoms with Crippen LogP contribution in [0, 0.1) is 6.92 Å². The molecule has 1 heterocycles. The Morgan fingerprint density at radius 1 is 1.22 bits per heavy atom. The Balaban J connectivity index is 2.25. The maximum Gasteiger partial charge on any atom is 0.250 e. The van der Waals surface area contributed by atoms with Crippen LogP contribution in [-0.4, -0.2) is 22.1 Å². The largest absolute Gasteiger partial charge is 0.496 e. The second-order valence-electron chi connectivity index (χ2n) is 4.93. The van der Waals surface area contributed by atoms with Crippen LogP contribution in [0.25, 0.3) is 0 Å². The first-order chi connectivity index (χ1) is 10.7. The zero-order valence-corrected chi connectivity index (χ0v) is 15.0. The molecule has 0 radical (unpaired) electrons. The first kappa shape index (κ1) is 17.8. The molecule has 23 heavy (non-hydrogen) atoms. The second-order valence-corrected chi connectivity index (χ2v) is 7.21. The summed E-state index contributed by atoms with van der Waals surface area (Å²) in [4.78, 5) is 11.9. The van der Waals surface area contributed by atoms with Gasteiger partial charge in [0, 0.05) is 0 Å². The minimum atomic E-state index is -1.77. The van der Waals surface area contributed by atoms with Gasteiger partial charge in [0.25, 0.3) is 0 Å². The number of halogens is 3. The SMILES string of the molecule is COc1ccc(C(C)Nc2nc(N)nc(C(Cl)(Cl)Cl)n2)cc1C. The molecule has 0 aliphatic carbocycles. The Bertz CT molecular complexity index is 705. The lowest BCUT2D eigenvalue weighted by molar-refractivity contribution is 0.411. The Morgan fingerprint density at radius 3 is 2.48 bits per heavy atom. The van der Waals surface area contributed by atoms with Crippen molar-refractivity contribution in [1.82, 2.24) is 15.0 Å². The molecular weight excluding hydrogens is 361 g/mol. The number of anilines is 2. The van der Waals surface area contributed by atoms with Crippen LogP contribution in [0.15, 0.2) is 18.2 Å². The van der Waals surface area contributed by atoms with Crippen molar-refractivity contribution >= 4 is 46.7 Å². The van der Waals surface area contributed by atoms with E-state index in [1.54, 1.807) is 7.11 Å². The number of nitrogens with one attached hydrogen (secondary N) is 1. The Morgan fingerprint density at radius 2 is 1.91 bits per heavy atom. The smallest absolute Gasteiger partial charge is 0.250 e. The third-order valence-electron chi connectivity index (χ3n) is 3.17. The van der Waals surface area contributed by atoms with Gasteiger partial charge < -0.3 is 15.8 Å². The zero-order valence-electron chi connectivity index (χ0n) is 12.8. The van der Waals surface area contributed by atoms with Gasteiger partial charge in [0.1, 0.15) is 5.75 Å². The van der Waals surface area contributed by atoms with Crippen molar-refractivity contribution in [1.29, 1.82) is 0 Å². The summed E-state index contributed by atoms with van der Waals surface area (Å²) in [6, 6.07) is 5.77. The van der Waals surface area contributed by atoms with Gasteiger partial charge in [-0.2, -0.15) is 15.0 Å². The molecule has 0 saturated heterocycles. The van der Waals surface area contributed by atoms with E-state index in [4.69, 9.17) is 45.3 Å². The first-order valence-electron chi connectivity index (χ1n) is 6.70. The number of benzene rings is 1. The third kappa shape index (κ3) is 4.50. The summed E-state index contributed by atoms with van der Waals surface area (Å²) in [6.07, 6.45) is 0. The molecule has 0 spiro atoms. The lowest BCUT2D eigenvalue weighted by Crippen LogP contribution is -2.16. The molecule has 0 bridgehead atoms. The molecule has 9 heteroatoms. The van der Waals surface area contributed by atoms with Crippen molar-refractivity contribution in [3.05, 3.63) is 35.2 Å². The molecule has 1 aromatic heterocycles. The minimum absolute atomic E-state index is 0.0260. The number of rotatable bonds is 4. The molecule has 0 saturated carbocycles. The monoisotopic (exact) mass is 375 g/mol. The standard InChI is InChI=1S/C14H16Cl3N5O/c1-7-6-9(4-5-10(7)23-3)8(2)19-13-21-11(14(15,16)17)20-12(18)22-13/h4-6,8H,1-3H3,(H3,18,19,20,21,22). The van der Waals surface area contributed by atoms with Crippen molar-refractivity contribution in [3.8, 4) is 5.75 Å². The molecule has 1 atom stereocenters. The summed E-state index contributed by atoms with van der Waals surface area (Å²) in [6.45, 7) is 3.92. The summed E-state index contributed by atoms with van der Waals surface area (Å²) in [5.41, 5.74) is 7.69. The fourth-order valence-electron chi connectivity index (χ4n) is 2.03. The van der Waals surface area contributed by atoms with E-state index in [1.165, 1.54) is 0 Å². The van der Waals surface area contributed by atoms with Crippen LogP contribution in [0.2, 0.25) is 0 Å². The molecule has 0 amide bonds. The highest BCUT2D eigenvalue weighted by Crippen LogP contribution is 2.36. The molecular formula is C14H16Cl3N5O. The number of alkyl halides is 3. The highest BCUT2D eigenvalue weighted by atomic mass is 35.6. The Kier molecular flexibility index (Phi) is 5.39. The van der Waals surface area contributed by atoms with Crippen LogP contribution in [0.5, 0.6) is 5.75 Å². The van der Waals surface area contributed by atoms with Gasteiger partial charge in [-0.25, -0.2) is 0 Å². The number of hydrogen-bond acceptors (Lipinski definition) is 6. The van der Waals surface area contributed by atoms with Gasteiger partial charge in [-0.1, -0.05) is 46.9 Å². The lowest BCUT2D eigenvalue weighted by atomic mass is 10.1. The van der Waals surface area contributed by atoms with E-state index in [0.717, 1.165) is 16.9 Å². The van der Waals surface area contributed by atoms with Gasteiger partial charge in [0.2, 0.25) is 15.7 Å². The van der Waals surface area contributed by atoms with Crippen molar-refractivity contribution < 1.29 is 4.74 Å². The molecule has 0 fully saturated rings. The van der Waals surface area contributed by atoms with Gasteiger partial charge in [-0.15, -0.1) is 0 Å². The quantitative estimate of drug-likeness (QED) is 0.790. The molecule has 3 N–H and O–H groups in total. The predicted molar refractivity (Wildman–Crippen MR) is 93.2 cm³/mol. The molecule has 2 rings (SSSR count). The van der Waals surface area contributed by atoms with Crippen molar-refractivity contribution in [3.63, 3.8) is 0 Å². The molecule has 1 aromatic carbocycles. The van der Waals surface area contributed by atoms with Gasteiger partial charge in [0.05, 0.1) is 13.2 Å². The van der Waals surface area contributed by atoms with Gasteiger partial charge in [-0.3, -0.25) is 0 Å². The van der Waals surface area contributed by atoms with E-state index in [9.17, 15) is 0 Å². The van der Waals surface area contributed by atoms with Crippen LogP contribution in [0.3, 0.4) is 0 Å². The molecule has 0 aliphatic rings. The highest BCUT2D eigenvalue weighted by Gasteiger charge is 2.28.